The van der Waals surface area contributed by atoms with E-state index in [1.807, 2.05) is 31.6 Å². The van der Waals surface area contributed by atoms with E-state index in [1.165, 1.54) is 10.4 Å². The van der Waals surface area contributed by atoms with Gasteiger partial charge in [-0.15, -0.1) is 11.3 Å². The van der Waals surface area contributed by atoms with Crippen LogP contribution in [0.15, 0.2) is 15.9 Å². The lowest BCUT2D eigenvalue weighted by Crippen LogP contribution is -2.14. The minimum atomic E-state index is -0.350. The lowest BCUT2D eigenvalue weighted by atomic mass is 10.0. The molecule has 1 N–H and O–H groups in total. The Kier molecular flexibility index (Phi) is 4.25. The van der Waals surface area contributed by atoms with Crippen molar-refractivity contribution in [3.8, 4) is 0 Å². The van der Waals surface area contributed by atoms with E-state index in [9.17, 15) is 5.11 Å². The fourth-order valence-electron chi connectivity index (χ4n) is 2.11. The number of aliphatic hydroxyl groups is 1. The molecule has 2 rings (SSSR count). The normalized spacial score (nSPS) is 12.9. The molecule has 0 spiro atoms. The Morgan fingerprint density at radius 2 is 2.11 bits per heavy atom. The van der Waals surface area contributed by atoms with Crippen molar-refractivity contribution in [3.63, 3.8) is 0 Å². The highest BCUT2D eigenvalue weighted by molar-refractivity contribution is 9.11. The van der Waals surface area contributed by atoms with E-state index < -0.39 is 0 Å². The molecule has 0 aliphatic heterocycles. The van der Waals surface area contributed by atoms with Crippen LogP contribution in [0.3, 0.4) is 0 Å². The first-order valence-corrected chi connectivity index (χ1v) is 7.49. The molecular weight excluding hydrogens is 312 g/mol. The number of aliphatic hydroxyl groups excluding tert-OH is 1. The summed E-state index contributed by atoms with van der Waals surface area (Å²) in [7, 11) is 1.94. The summed E-state index contributed by atoms with van der Waals surface area (Å²) in [5.41, 5.74) is 3.32. The third kappa shape index (κ3) is 3.02. The number of halogens is 1. The van der Waals surface area contributed by atoms with Gasteiger partial charge in [-0.3, -0.25) is 4.68 Å². The molecule has 1 atom stereocenters. The molecule has 0 saturated carbocycles. The Balaban J connectivity index is 2.05. The molecule has 18 heavy (non-hydrogen) atoms. The van der Waals surface area contributed by atoms with Crippen molar-refractivity contribution in [2.45, 2.75) is 32.8 Å². The summed E-state index contributed by atoms with van der Waals surface area (Å²) >= 11 is 5.12. The van der Waals surface area contributed by atoms with Crippen molar-refractivity contribution in [2.24, 2.45) is 7.05 Å². The molecule has 0 aromatic carbocycles. The minimum Gasteiger partial charge on any atom is -0.392 e. The maximum Gasteiger partial charge on any atom is 0.0701 e. The lowest BCUT2D eigenvalue weighted by Gasteiger charge is -2.09. The molecule has 0 radical (unpaired) electrons. The van der Waals surface area contributed by atoms with E-state index in [2.05, 4.69) is 27.1 Å². The highest BCUT2D eigenvalue weighted by Crippen LogP contribution is 2.24. The Bertz CT molecular complexity index is 547. The fourth-order valence-corrected chi connectivity index (χ4v) is 3.67. The van der Waals surface area contributed by atoms with Gasteiger partial charge in [-0.25, -0.2) is 0 Å². The first-order chi connectivity index (χ1) is 8.47. The van der Waals surface area contributed by atoms with Gasteiger partial charge in [0.1, 0.15) is 0 Å². The quantitative estimate of drug-likeness (QED) is 0.936. The summed E-state index contributed by atoms with van der Waals surface area (Å²) in [6.45, 7) is 4.04. The van der Waals surface area contributed by atoms with Gasteiger partial charge in [0.15, 0.2) is 0 Å². The second-order valence-electron chi connectivity index (χ2n) is 4.54. The molecule has 98 valence electrons. The van der Waals surface area contributed by atoms with Crippen molar-refractivity contribution in [1.29, 1.82) is 0 Å². The third-order valence-electron chi connectivity index (χ3n) is 3.16. The van der Waals surface area contributed by atoms with E-state index in [-0.39, 0.29) is 6.10 Å². The van der Waals surface area contributed by atoms with E-state index in [0.29, 0.717) is 12.8 Å². The van der Waals surface area contributed by atoms with E-state index in [4.69, 9.17) is 0 Å². The number of thiophene rings is 1. The minimum absolute atomic E-state index is 0.350. The molecule has 2 heterocycles. The molecule has 0 bridgehead atoms. The van der Waals surface area contributed by atoms with Gasteiger partial charge in [0.2, 0.25) is 0 Å². The largest absolute Gasteiger partial charge is 0.392 e. The van der Waals surface area contributed by atoms with Gasteiger partial charge in [0.25, 0.3) is 0 Å². The standard InChI is InChI=1S/C13H17BrN2OS/c1-8-12(9(2)16(3)15-8)7-10(17)6-11-4-5-13(14)18-11/h4-5,10,17H,6-7H2,1-3H3. The van der Waals surface area contributed by atoms with Crippen LogP contribution < -0.4 is 0 Å². The molecular formula is C13H17BrN2OS. The molecule has 0 fully saturated rings. The average Bonchev–Trinajstić information content (AvgIpc) is 2.78. The first-order valence-electron chi connectivity index (χ1n) is 5.88. The molecule has 5 heteroatoms. The second kappa shape index (κ2) is 5.55. The van der Waals surface area contributed by atoms with Gasteiger partial charge in [0.05, 0.1) is 15.6 Å². The smallest absolute Gasteiger partial charge is 0.0701 e. The summed E-state index contributed by atoms with van der Waals surface area (Å²) in [6, 6.07) is 4.08. The van der Waals surface area contributed by atoms with Crippen LogP contribution in [0.4, 0.5) is 0 Å². The van der Waals surface area contributed by atoms with Gasteiger partial charge >= 0.3 is 0 Å². The van der Waals surface area contributed by atoms with E-state index in [1.54, 1.807) is 11.3 Å². The Hall–Kier alpha value is -0.650. The summed E-state index contributed by atoms with van der Waals surface area (Å²) in [6.07, 6.45) is 1.02. The zero-order chi connectivity index (χ0) is 13.3. The summed E-state index contributed by atoms with van der Waals surface area (Å²) in [5.74, 6) is 0. The predicted octanol–water partition coefficient (Wildman–Crippen LogP) is 3.01. The highest BCUT2D eigenvalue weighted by atomic mass is 79.9. The van der Waals surface area contributed by atoms with Crippen molar-refractivity contribution >= 4 is 27.3 Å². The van der Waals surface area contributed by atoms with Gasteiger partial charge in [-0.05, 0) is 47.5 Å². The van der Waals surface area contributed by atoms with Gasteiger partial charge in [-0.2, -0.15) is 5.10 Å². The maximum absolute atomic E-state index is 10.2. The lowest BCUT2D eigenvalue weighted by molar-refractivity contribution is 0.176. The molecule has 0 aliphatic rings. The zero-order valence-corrected chi connectivity index (χ0v) is 13.2. The van der Waals surface area contributed by atoms with Crippen LogP contribution in [-0.4, -0.2) is 21.0 Å². The number of aryl methyl sites for hydroxylation is 2. The van der Waals surface area contributed by atoms with Crippen LogP contribution >= 0.6 is 27.3 Å². The number of rotatable bonds is 4. The van der Waals surface area contributed by atoms with Crippen LogP contribution in [0.5, 0.6) is 0 Å². The summed E-state index contributed by atoms with van der Waals surface area (Å²) in [5, 5.41) is 14.6. The average molecular weight is 329 g/mol. The Labute approximate surface area is 120 Å². The van der Waals surface area contributed by atoms with Crippen LogP contribution in [0.25, 0.3) is 0 Å². The van der Waals surface area contributed by atoms with Crippen LogP contribution in [-0.2, 0) is 19.9 Å². The fraction of sp³-hybridized carbons (Fsp3) is 0.462. The Morgan fingerprint density at radius 1 is 1.39 bits per heavy atom. The number of hydrogen-bond donors (Lipinski definition) is 1. The van der Waals surface area contributed by atoms with Gasteiger partial charge < -0.3 is 5.11 Å². The number of nitrogens with zero attached hydrogens (tertiary/aromatic N) is 2. The van der Waals surface area contributed by atoms with Crippen LogP contribution in [0.2, 0.25) is 0 Å². The van der Waals surface area contributed by atoms with Gasteiger partial charge in [0, 0.05) is 30.5 Å². The van der Waals surface area contributed by atoms with E-state index in [0.717, 1.165) is 15.2 Å². The topological polar surface area (TPSA) is 38.0 Å². The molecule has 0 saturated heterocycles. The second-order valence-corrected chi connectivity index (χ2v) is 7.09. The summed E-state index contributed by atoms with van der Waals surface area (Å²) in [4.78, 5) is 1.20. The molecule has 0 aliphatic carbocycles. The summed E-state index contributed by atoms with van der Waals surface area (Å²) < 4.78 is 2.98. The number of aromatic nitrogens is 2. The first kappa shape index (κ1) is 13.8. The van der Waals surface area contributed by atoms with E-state index >= 15 is 0 Å². The van der Waals surface area contributed by atoms with Crippen molar-refractivity contribution in [1.82, 2.24) is 9.78 Å². The highest BCUT2D eigenvalue weighted by Gasteiger charge is 2.15. The number of hydrogen-bond acceptors (Lipinski definition) is 3. The van der Waals surface area contributed by atoms with Crippen molar-refractivity contribution < 1.29 is 5.11 Å². The predicted molar refractivity (Wildman–Crippen MR) is 78.1 cm³/mol. The van der Waals surface area contributed by atoms with Gasteiger partial charge in [-0.1, -0.05) is 0 Å². The SMILES string of the molecule is Cc1nn(C)c(C)c1CC(O)Cc1ccc(Br)s1. The molecule has 2 aromatic rings. The molecule has 0 amide bonds. The molecule has 1 unspecified atom stereocenters. The van der Waals surface area contributed by atoms with Crippen LogP contribution in [0.1, 0.15) is 21.8 Å². The molecule has 3 nitrogen and oxygen atoms in total. The van der Waals surface area contributed by atoms with Crippen molar-refractivity contribution in [3.05, 3.63) is 37.7 Å². The monoisotopic (exact) mass is 328 g/mol. The van der Waals surface area contributed by atoms with Crippen LogP contribution in [0, 0.1) is 13.8 Å². The third-order valence-corrected chi connectivity index (χ3v) is 4.81. The van der Waals surface area contributed by atoms with Crippen molar-refractivity contribution in [2.75, 3.05) is 0 Å². The Morgan fingerprint density at radius 3 is 2.61 bits per heavy atom. The zero-order valence-electron chi connectivity index (χ0n) is 10.8. The molecule has 2 aromatic heterocycles. The maximum atomic E-state index is 10.2.